The van der Waals surface area contributed by atoms with E-state index in [0.29, 0.717) is 17.8 Å². The second kappa shape index (κ2) is 3.44. The number of rotatable bonds is 3. The molecule has 0 amide bonds. The zero-order chi connectivity index (χ0) is 11.3. The number of fused-ring (bicyclic) bond motifs is 2. The molecule has 2 aliphatic rings. The first kappa shape index (κ1) is 11.9. The average molecular weight is 277 g/mol. The minimum Gasteiger partial charge on any atom is -0.365 e. The van der Waals surface area contributed by atoms with Crippen molar-refractivity contribution < 1.29 is 10.2 Å². The van der Waals surface area contributed by atoms with Gasteiger partial charge in [-0.3, -0.25) is 0 Å². The zero-order valence-electron chi connectivity index (χ0n) is 9.59. The summed E-state index contributed by atoms with van der Waals surface area (Å²) in [5.74, 6) is -0.844. The SMILES string of the molecule is CC12CCC(CC1)C2(C)CC(O)(O)CBr. The molecule has 0 aromatic rings. The van der Waals surface area contributed by atoms with Gasteiger partial charge in [0.05, 0.1) is 5.33 Å². The molecular formula is C12H21BrO2. The van der Waals surface area contributed by atoms with Gasteiger partial charge in [-0.25, -0.2) is 0 Å². The molecule has 0 radical (unpaired) electrons. The molecule has 1 unspecified atom stereocenters. The molecule has 0 saturated heterocycles. The van der Waals surface area contributed by atoms with Crippen molar-refractivity contribution in [3.63, 3.8) is 0 Å². The Balaban J connectivity index is 2.20. The average Bonchev–Trinajstić information content (AvgIpc) is 2.52. The summed E-state index contributed by atoms with van der Waals surface area (Å²) in [7, 11) is 0. The number of hydrogen-bond donors (Lipinski definition) is 2. The Kier molecular flexibility index (Phi) is 2.73. The highest BCUT2D eigenvalue weighted by molar-refractivity contribution is 9.09. The van der Waals surface area contributed by atoms with Crippen molar-refractivity contribution in [3.8, 4) is 0 Å². The topological polar surface area (TPSA) is 40.5 Å². The molecule has 0 aromatic carbocycles. The fraction of sp³-hybridized carbons (Fsp3) is 1.00. The molecule has 0 aromatic heterocycles. The third-order valence-electron chi connectivity index (χ3n) is 5.23. The third kappa shape index (κ3) is 1.67. The zero-order valence-corrected chi connectivity index (χ0v) is 11.2. The van der Waals surface area contributed by atoms with E-state index in [1.165, 1.54) is 25.7 Å². The van der Waals surface area contributed by atoms with Crippen LogP contribution in [0.15, 0.2) is 0 Å². The van der Waals surface area contributed by atoms with E-state index in [4.69, 9.17) is 0 Å². The van der Waals surface area contributed by atoms with Gasteiger partial charge in [-0.05, 0) is 42.4 Å². The molecule has 88 valence electrons. The van der Waals surface area contributed by atoms with Crippen LogP contribution in [0.25, 0.3) is 0 Å². The van der Waals surface area contributed by atoms with Crippen LogP contribution in [0.1, 0.15) is 46.0 Å². The summed E-state index contributed by atoms with van der Waals surface area (Å²) in [5.41, 5.74) is 0.445. The molecule has 2 rings (SSSR count). The van der Waals surface area contributed by atoms with Crippen molar-refractivity contribution in [2.45, 2.75) is 51.7 Å². The number of halogens is 1. The van der Waals surface area contributed by atoms with E-state index in [-0.39, 0.29) is 10.7 Å². The third-order valence-corrected chi connectivity index (χ3v) is 6.13. The first-order valence-corrected chi connectivity index (χ1v) is 6.96. The highest BCUT2D eigenvalue weighted by Crippen LogP contribution is 2.67. The predicted octanol–water partition coefficient (Wildman–Crippen LogP) is 2.67. The second-order valence-corrected chi connectivity index (χ2v) is 6.61. The quantitative estimate of drug-likeness (QED) is 0.615. The molecule has 0 aliphatic heterocycles. The van der Waals surface area contributed by atoms with Gasteiger partial charge in [0.15, 0.2) is 5.79 Å². The van der Waals surface area contributed by atoms with Crippen LogP contribution in [0.2, 0.25) is 0 Å². The maximum absolute atomic E-state index is 9.84. The lowest BCUT2D eigenvalue weighted by molar-refractivity contribution is -0.174. The molecule has 2 nitrogen and oxygen atoms in total. The van der Waals surface area contributed by atoms with Crippen LogP contribution in [-0.2, 0) is 0 Å². The Morgan fingerprint density at radius 2 is 1.80 bits per heavy atom. The van der Waals surface area contributed by atoms with E-state index in [1.54, 1.807) is 0 Å². The van der Waals surface area contributed by atoms with Gasteiger partial charge in [0, 0.05) is 6.42 Å². The van der Waals surface area contributed by atoms with Crippen molar-refractivity contribution in [2.75, 3.05) is 5.33 Å². The van der Waals surface area contributed by atoms with Gasteiger partial charge in [-0.15, -0.1) is 0 Å². The standard InChI is InChI=1S/C12H21BrO2/c1-10-5-3-9(4-6-10)11(10,2)7-12(14,15)8-13/h9,14-15H,3-8H2,1-2H3. The first-order valence-electron chi connectivity index (χ1n) is 5.84. The molecule has 2 N–H and O–H groups in total. The monoisotopic (exact) mass is 276 g/mol. The summed E-state index contributed by atoms with van der Waals surface area (Å²) in [6.45, 7) is 4.58. The summed E-state index contributed by atoms with van der Waals surface area (Å²) in [6.07, 6.45) is 5.56. The van der Waals surface area contributed by atoms with Crippen LogP contribution in [0.3, 0.4) is 0 Å². The molecule has 1 atom stereocenters. The molecule has 15 heavy (non-hydrogen) atoms. The number of hydrogen-bond acceptors (Lipinski definition) is 2. The van der Waals surface area contributed by atoms with E-state index in [9.17, 15) is 10.2 Å². The van der Waals surface area contributed by atoms with Gasteiger partial charge >= 0.3 is 0 Å². The van der Waals surface area contributed by atoms with E-state index >= 15 is 0 Å². The Bertz CT molecular complexity index is 256. The molecule has 3 heteroatoms. The van der Waals surface area contributed by atoms with Gasteiger partial charge in [0.1, 0.15) is 0 Å². The highest BCUT2D eigenvalue weighted by atomic mass is 79.9. The summed E-state index contributed by atoms with van der Waals surface area (Å²) in [4.78, 5) is 0. The maximum Gasteiger partial charge on any atom is 0.172 e. The van der Waals surface area contributed by atoms with Gasteiger partial charge in [-0.1, -0.05) is 29.8 Å². The minimum absolute atomic E-state index is 0.115. The minimum atomic E-state index is -1.54. The summed E-state index contributed by atoms with van der Waals surface area (Å²) in [5, 5.41) is 19.9. The van der Waals surface area contributed by atoms with Gasteiger partial charge < -0.3 is 10.2 Å². The van der Waals surface area contributed by atoms with Gasteiger partial charge in [0.25, 0.3) is 0 Å². The van der Waals surface area contributed by atoms with E-state index in [1.807, 2.05) is 0 Å². The Morgan fingerprint density at radius 1 is 1.27 bits per heavy atom. The van der Waals surface area contributed by atoms with E-state index < -0.39 is 5.79 Å². The molecule has 2 fully saturated rings. The lowest BCUT2D eigenvalue weighted by atomic mass is 9.66. The van der Waals surface area contributed by atoms with Crippen molar-refractivity contribution in [1.82, 2.24) is 0 Å². The van der Waals surface area contributed by atoms with Gasteiger partial charge in [-0.2, -0.15) is 0 Å². The lowest BCUT2D eigenvalue weighted by Gasteiger charge is -2.41. The van der Waals surface area contributed by atoms with Crippen LogP contribution < -0.4 is 0 Å². The molecule has 2 bridgehead atoms. The van der Waals surface area contributed by atoms with Crippen molar-refractivity contribution in [3.05, 3.63) is 0 Å². The maximum atomic E-state index is 9.84. The molecule has 2 aliphatic carbocycles. The van der Waals surface area contributed by atoms with Crippen LogP contribution in [0, 0.1) is 16.7 Å². The number of alkyl halides is 1. The Morgan fingerprint density at radius 3 is 2.13 bits per heavy atom. The van der Waals surface area contributed by atoms with Crippen LogP contribution >= 0.6 is 15.9 Å². The van der Waals surface area contributed by atoms with Crippen LogP contribution in [0.5, 0.6) is 0 Å². The predicted molar refractivity (Wildman–Crippen MR) is 63.8 cm³/mol. The summed E-state index contributed by atoms with van der Waals surface area (Å²) >= 11 is 3.18. The summed E-state index contributed by atoms with van der Waals surface area (Å²) in [6, 6.07) is 0. The molecule has 2 saturated carbocycles. The lowest BCUT2D eigenvalue weighted by Crippen LogP contribution is -2.42. The van der Waals surface area contributed by atoms with E-state index in [2.05, 4.69) is 29.8 Å². The van der Waals surface area contributed by atoms with Crippen molar-refractivity contribution in [1.29, 1.82) is 0 Å². The molecule has 0 heterocycles. The van der Waals surface area contributed by atoms with Crippen molar-refractivity contribution >= 4 is 15.9 Å². The first-order chi connectivity index (χ1) is 6.83. The van der Waals surface area contributed by atoms with Crippen LogP contribution in [0.4, 0.5) is 0 Å². The molecular weight excluding hydrogens is 256 g/mol. The second-order valence-electron chi connectivity index (χ2n) is 6.05. The Hall–Kier alpha value is 0.400. The largest absolute Gasteiger partial charge is 0.365 e. The van der Waals surface area contributed by atoms with Gasteiger partial charge in [0.2, 0.25) is 0 Å². The smallest absolute Gasteiger partial charge is 0.172 e. The molecule has 0 spiro atoms. The van der Waals surface area contributed by atoms with Crippen molar-refractivity contribution in [2.24, 2.45) is 16.7 Å². The fourth-order valence-corrected chi connectivity index (χ4v) is 4.15. The highest BCUT2D eigenvalue weighted by Gasteiger charge is 2.60. The van der Waals surface area contributed by atoms with E-state index in [0.717, 1.165) is 0 Å². The van der Waals surface area contributed by atoms with Crippen LogP contribution in [-0.4, -0.2) is 21.3 Å². The Labute approximate surface area is 100 Å². The number of aliphatic hydroxyl groups is 2. The summed E-state index contributed by atoms with van der Waals surface area (Å²) < 4.78 is 0. The fourth-order valence-electron chi connectivity index (χ4n) is 3.95. The normalized spacial score (nSPS) is 45.0.